The number of aromatic hydroxyl groups is 1. The fourth-order valence-corrected chi connectivity index (χ4v) is 3.77. The molecule has 2 unspecified atom stereocenters. The first-order valence-electron chi connectivity index (χ1n) is 6.32. The summed E-state index contributed by atoms with van der Waals surface area (Å²) in [6.45, 7) is 6.23. The monoisotopic (exact) mass is 290 g/mol. The number of phenolic OH excluding ortho intramolecular Hbond substituents is 1. The molecule has 0 heterocycles. The van der Waals surface area contributed by atoms with Crippen molar-refractivity contribution in [1.29, 1.82) is 0 Å². The minimum atomic E-state index is 0.203. The van der Waals surface area contributed by atoms with Gasteiger partial charge in [0, 0.05) is 10.6 Å². The van der Waals surface area contributed by atoms with E-state index in [0.29, 0.717) is 14.3 Å². The summed E-state index contributed by atoms with van der Waals surface area (Å²) in [5.74, 6) is 0.377. The number of aryl methyl sites for hydroxylation is 2. The van der Waals surface area contributed by atoms with Crippen molar-refractivity contribution >= 4 is 31.8 Å². The minimum absolute atomic E-state index is 0.203. The van der Waals surface area contributed by atoms with Crippen LogP contribution in [0.4, 0.5) is 0 Å². The maximum Gasteiger partial charge on any atom is 0.123 e. The van der Waals surface area contributed by atoms with Gasteiger partial charge in [0.2, 0.25) is 0 Å². The lowest BCUT2D eigenvalue weighted by atomic mass is 10.1. The van der Waals surface area contributed by atoms with Crippen molar-refractivity contribution in [3.63, 3.8) is 0 Å². The molecule has 0 aliphatic carbocycles. The smallest absolute Gasteiger partial charge is 0.123 e. The number of rotatable bonds is 3. The van der Waals surface area contributed by atoms with Crippen molar-refractivity contribution in [2.75, 3.05) is 0 Å². The van der Waals surface area contributed by atoms with Crippen molar-refractivity contribution < 1.29 is 5.11 Å². The second kappa shape index (κ2) is 5.98. The molecule has 0 saturated heterocycles. The van der Waals surface area contributed by atoms with Gasteiger partial charge in [-0.15, -0.1) is 0 Å². The number of hydrogen-bond acceptors (Lipinski definition) is 2. The van der Waals surface area contributed by atoms with Crippen molar-refractivity contribution in [2.24, 2.45) is 0 Å². The lowest BCUT2D eigenvalue weighted by molar-refractivity contribution is 0.479. The fourth-order valence-electron chi connectivity index (χ4n) is 2.04. The molecule has 0 radical (unpaired) electrons. The molecule has 19 heavy (non-hydrogen) atoms. The van der Waals surface area contributed by atoms with Gasteiger partial charge in [-0.05, 0) is 43.8 Å². The summed E-state index contributed by atoms with van der Waals surface area (Å²) in [4.78, 5) is 0. The Morgan fingerprint density at radius 3 is 2.32 bits per heavy atom. The van der Waals surface area contributed by atoms with Crippen LogP contribution in [0.1, 0.15) is 28.9 Å². The molecule has 2 aromatic rings. The van der Waals surface area contributed by atoms with E-state index in [-0.39, 0.29) is 5.25 Å². The molecule has 0 saturated carbocycles. The number of benzene rings is 2. The van der Waals surface area contributed by atoms with Gasteiger partial charge in [0.25, 0.3) is 0 Å². The highest BCUT2D eigenvalue weighted by atomic mass is 32.1. The predicted octanol–water partition coefficient (Wildman–Crippen LogP) is 3.63. The van der Waals surface area contributed by atoms with E-state index in [1.54, 1.807) is 6.07 Å². The Kier molecular flexibility index (Phi) is 4.54. The van der Waals surface area contributed by atoms with Crippen LogP contribution in [0.15, 0.2) is 36.4 Å². The van der Waals surface area contributed by atoms with E-state index in [0.717, 1.165) is 5.30 Å². The summed E-state index contributed by atoms with van der Waals surface area (Å²) in [6, 6.07) is 12.2. The van der Waals surface area contributed by atoms with Gasteiger partial charge in [-0.1, -0.05) is 44.0 Å². The lowest BCUT2D eigenvalue weighted by Gasteiger charge is -2.14. The third kappa shape index (κ3) is 3.52. The van der Waals surface area contributed by atoms with Gasteiger partial charge in [-0.3, -0.25) is 0 Å². The van der Waals surface area contributed by atoms with Gasteiger partial charge >= 0.3 is 0 Å². The zero-order chi connectivity index (χ0) is 14.0. The van der Waals surface area contributed by atoms with Crippen molar-refractivity contribution in [3.8, 4) is 5.75 Å². The van der Waals surface area contributed by atoms with E-state index < -0.39 is 0 Å². The Morgan fingerprint density at radius 1 is 1.00 bits per heavy atom. The molecule has 0 aromatic heterocycles. The molecule has 2 aromatic carbocycles. The fraction of sp³-hybridized carbons (Fsp3) is 0.250. The van der Waals surface area contributed by atoms with Crippen molar-refractivity contribution in [3.05, 3.63) is 53.1 Å². The Labute approximate surface area is 122 Å². The van der Waals surface area contributed by atoms with Gasteiger partial charge in [0.05, 0.1) is 0 Å². The largest absolute Gasteiger partial charge is 0.507 e. The van der Waals surface area contributed by atoms with Gasteiger partial charge < -0.3 is 5.11 Å². The molecule has 2 rings (SSSR count). The van der Waals surface area contributed by atoms with Crippen LogP contribution in [-0.2, 0) is 0 Å². The van der Waals surface area contributed by atoms with Crippen LogP contribution in [0.5, 0.6) is 5.75 Å². The summed E-state index contributed by atoms with van der Waals surface area (Å²) >= 11 is 4.56. The van der Waals surface area contributed by atoms with E-state index in [4.69, 9.17) is 0 Å². The first kappa shape index (κ1) is 14.4. The number of thiol groups is 1. The van der Waals surface area contributed by atoms with Crippen LogP contribution in [-0.4, -0.2) is 5.11 Å². The van der Waals surface area contributed by atoms with E-state index in [1.165, 1.54) is 22.0 Å². The quantitative estimate of drug-likeness (QED) is 0.653. The standard InChI is InChI=1S/C16H19OPS/c1-10-5-7-15(13(8-10)12(3)19)18-16-9-11(2)4-6-14(16)17/h4-9,12,17-19H,1-3H3. The Bertz CT molecular complexity index is 593. The van der Waals surface area contributed by atoms with Crippen LogP contribution >= 0.6 is 21.2 Å². The molecule has 100 valence electrons. The minimum Gasteiger partial charge on any atom is -0.507 e. The van der Waals surface area contributed by atoms with E-state index >= 15 is 0 Å². The SMILES string of the molecule is Cc1ccc(O)c(Pc2ccc(C)cc2C(C)S)c1. The topological polar surface area (TPSA) is 20.2 Å². The number of phenols is 1. The zero-order valence-electron chi connectivity index (χ0n) is 11.4. The van der Waals surface area contributed by atoms with Gasteiger partial charge in [0.1, 0.15) is 5.75 Å². The van der Waals surface area contributed by atoms with Crippen molar-refractivity contribution in [2.45, 2.75) is 26.0 Å². The van der Waals surface area contributed by atoms with E-state index in [1.807, 2.05) is 13.0 Å². The molecule has 0 bridgehead atoms. The van der Waals surface area contributed by atoms with E-state index in [9.17, 15) is 5.11 Å². The van der Waals surface area contributed by atoms with Crippen LogP contribution in [0.2, 0.25) is 0 Å². The molecule has 1 N–H and O–H groups in total. The summed E-state index contributed by atoms with van der Waals surface area (Å²) in [5, 5.41) is 12.4. The average Bonchev–Trinajstić information content (AvgIpc) is 2.35. The second-order valence-electron chi connectivity index (χ2n) is 4.91. The lowest BCUT2D eigenvalue weighted by Crippen LogP contribution is -2.10. The summed E-state index contributed by atoms with van der Waals surface area (Å²) in [7, 11) is 0.461. The van der Waals surface area contributed by atoms with E-state index in [2.05, 4.69) is 50.7 Å². The summed E-state index contributed by atoms with van der Waals surface area (Å²) < 4.78 is 0. The Morgan fingerprint density at radius 2 is 1.63 bits per heavy atom. The first-order valence-corrected chi connectivity index (χ1v) is 7.84. The molecule has 0 spiro atoms. The Hall–Kier alpha value is -0.980. The van der Waals surface area contributed by atoms with Crippen LogP contribution in [0, 0.1) is 13.8 Å². The maximum atomic E-state index is 9.97. The van der Waals surface area contributed by atoms with Crippen LogP contribution < -0.4 is 10.6 Å². The van der Waals surface area contributed by atoms with Gasteiger partial charge in [-0.25, -0.2) is 0 Å². The van der Waals surface area contributed by atoms with Gasteiger partial charge in [-0.2, -0.15) is 12.6 Å². The van der Waals surface area contributed by atoms with Crippen LogP contribution in [0.3, 0.4) is 0 Å². The first-order chi connectivity index (χ1) is 8.97. The molecule has 0 aliphatic rings. The second-order valence-corrected chi connectivity index (χ2v) is 7.01. The predicted molar refractivity (Wildman–Crippen MR) is 89.0 cm³/mol. The molecular formula is C16H19OPS. The van der Waals surface area contributed by atoms with Crippen molar-refractivity contribution in [1.82, 2.24) is 0 Å². The third-order valence-corrected chi connectivity index (χ3v) is 4.75. The summed E-state index contributed by atoms with van der Waals surface area (Å²) in [6.07, 6.45) is 0. The summed E-state index contributed by atoms with van der Waals surface area (Å²) in [5.41, 5.74) is 3.67. The van der Waals surface area contributed by atoms with Crippen LogP contribution in [0.25, 0.3) is 0 Å². The molecule has 3 heteroatoms. The molecule has 0 amide bonds. The molecule has 1 nitrogen and oxygen atoms in total. The highest BCUT2D eigenvalue weighted by Gasteiger charge is 2.10. The number of hydrogen-bond donors (Lipinski definition) is 2. The van der Waals surface area contributed by atoms with Gasteiger partial charge in [0.15, 0.2) is 0 Å². The third-order valence-electron chi connectivity index (χ3n) is 3.08. The Balaban J connectivity index is 2.40. The molecule has 2 atom stereocenters. The molecule has 0 aliphatic heterocycles. The average molecular weight is 290 g/mol. The molecule has 0 fully saturated rings. The zero-order valence-corrected chi connectivity index (χ0v) is 13.3. The maximum absolute atomic E-state index is 9.97. The normalized spacial score (nSPS) is 13.1. The highest BCUT2D eigenvalue weighted by Crippen LogP contribution is 2.26. The molecular weight excluding hydrogens is 271 g/mol. The highest BCUT2D eigenvalue weighted by molar-refractivity contribution is 7.80.